The van der Waals surface area contributed by atoms with Gasteiger partial charge in [-0.15, -0.1) is 0 Å². The van der Waals surface area contributed by atoms with E-state index in [4.69, 9.17) is 5.73 Å². The van der Waals surface area contributed by atoms with Gasteiger partial charge in [0.15, 0.2) is 11.5 Å². The molecule has 1 aliphatic rings. The molecule has 0 aliphatic carbocycles. The maximum Gasteiger partial charge on any atom is 0.183 e. The number of piperidine rings is 1. The van der Waals surface area contributed by atoms with Gasteiger partial charge in [0.25, 0.3) is 0 Å². The van der Waals surface area contributed by atoms with Crippen LogP contribution in [0, 0.1) is 0 Å². The molecule has 3 rings (SSSR count). The second-order valence-electron chi connectivity index (χ2n) is 5.32. The molecule has 2 aromatic rings. The Morgan fingerprint density at radius 1 is 1.32 bits per heavy atom. The number of nitrogens with two attached hydrogens (primary N) is 1. The lowest BCUT2D eigenvalue weighted by Gasteiger charge is -2.35. The van der Waals surface area contributed by atoms with Crippen LogP contribution in [0.25, 0.3) is 11.2 Å². The second kappa shape index (κ2) is 4.77. The Kier molecular flexibility index (Phi) is 3.10. The summed E-state index contributed by atoms with van der Waals surface area (Å²) in [5.41, 5.74) is 7.46. The molecule has 1 fully saturated rings. The van der Waals surface area contributed by atoms with Gasteiger partial charge >= 0.3 is 0 Å². The number of nitrogens with one attached hydrogen (secondary N) is 2. The fraction of sp³-hybridized carbons (Fsp3) is 0.615. The number of hydrogen-bond donors (Lipinski definition) is 3. The summed E-state index contributed by atoms with van der Waals surface area (Å²) in [6.45, 7) is 4.30. The molecule has 0 amide bonds. The first-order valence-corrected chi connectivity index (χ1v) is 6.92. The van der Waals surface area contributed by atoms with E-state index in [0.29, 0.717) is 11.5 Å². The molecule has 2 aromatic heterocycles. The summed E-state index contributed by atoms with van der Waals surface area (Å²) in [4.78, 5) is 16.3. The van der Waals surface area contributed by atoms with Gasteiger partial charge in [-0.3, -0.25) is 0 Å². The third-order valence-corrected chi connectivity index (χ3v) is 4.11. The van der Waals surface area contributed by atoms with Gasteiger partial charge in [-0.05, 0) is 32.4 Å². The third-order valence-electron chi connectivity index (χ3n) is 4.11. The summed E-state index contributed by atoms with van der Waals surface area (Å²) in [7, 11) is 0. The Morgan fingerprint density at radius 3 is 2.79 bits per heavy atom. The van der Waals surface area contributed by atoms with Crippen molar-refractivity contribution in [2.24, 2.45) is 0 Å². The molecule has 0 spiro atoms. The molecule has 102 valence electrons. The van der Waals surface area contributed by atoms with E-state index < -0.39 is 0 Å². The smallest absolute Gasteiger partial charge is 0.183 e. The molecule has 6 nitrogen and oxygen atoms in total. The molecule has 6 heteroatoms. The SMILES string of the molecule is CCCC1(c2nc3ncnc(N)c3[nH]2)CCNCC1. The Morgan fingerprint density at radius 2 is 2.11 bits per heavy atom. The van der Waals surface area contributed by atoms with Crippen LogP contribution >= 0.6 is 0 Å². The molecule has 0 atom stereocenters. The van der Waals surface area contributed by atoms with Gasteiger partial charge in [0.05, 0.1) is 0 Å². The molecule has 0 unspecified atom stereocenters. The largest absolute Gasteiger partial charge is 0.382 e. The number of imidazole rings is 1. The molecule has 19 heavy (non-hydrogen) atoms. The molecule has 0 bridgehead atoms. The van der Waals surface area contributed by atoms with E-state index in [1.807, 2.05) is 0 Å². The van der Waals surface area contributed by atoms with Crippen LogP contribution in [-0.4, -0.2) is 33.0 Å². The summed E-state index contributed by atoms with van der Waals surface area (Å²) in [5, 5.41) is 3.42. The van der Waals surface area contributed by atoms with Crippen molar-refractivity contribution in [2.45, 2.75) is 38.0 Å². The number of anilines is 1. The lowest BCUT2D eigenvalue weighted by atomic mass is 9.75. The van der Waals surface area contributed by atoms with Gasteiger partial charge in [-0.1, -0.05) is 13.3 Å². The molecule has 0 radical (unpaired) electrons. The van der Waals surface area contributed by atoms with E-state index in [1.54, 1.807) is 0 Å². The highest BCUT2D eigenvalue weighted by molar-refractivity contribution is 5.81. The van der Waals surface area contributed by atoms with Gasteiger partial charge in [0.2, 0.25) is 0 Å². The zero-order valence-corrected chi connectivity index (χ0v) is 11.2. The molecule has 0 aromatic carbocycles. The lowest BCUT2D eigenvalue weighted by molar-refractivity contribution is 0.273. The Labute approximate surface area is 112 Å². The number of nitrogens with zero attached hydrogens (tertiary/aromatic N) is 3. The maximum absolute atomic E-state index is 5.88. The number of rotatable bonds is 3. The van der Waals surface area contributed by atoms with Crippen LogP contribution in [0.1, 0.15) is 38.4 Å². The maximum atomic E-state index is 5.88. The molecule has 3 heterocycles. The highest BCUT2D eigenvalue weighted by atomic mass is 15.1. The first-order valence-electron chi connectivity index (χ1n) is 6.92. The monoisotopic (exact) mass is 260 g/mol. The number of H-pyrrole nitrogens is 1. The van der Waals surface area contributed by atoms with Crippen molar-refractivity contribution in [1.29, 1.82) is 0 Å². The van der Waals surface area contributed by atoms with Crippen LogP contribution in [0.4, 0.5) is 5.82 Å². The van der Waals surface area contributed by atoms with E-state index in [9.17, 15) is 0 Å². The zero-order chi connectivity index (χ0) is 13.3. The van der Waals surface area contributed by atoms with Crippen LogP contribution in [0.5, 0.6) is 0 Å². The molecular weight excluding hydrogens is 240 g/mol. The minimum Gasteiger partial charge on any atom is -0.382 e. The van der Waals surface area contributed by atoms with Crippen molar-refractivity contribution >= 4 is 17.0 Å². The van der Waals surface area contributed by atoms with Crippen molar-refractivity contribution in [2.75, 3.05) is 18.8 Å². The number of fused-ring (bicyclic) bond motifs is 1. The quantitative estimate of drug-likeness (QED) is 0.775. The van der Waals surface area contributed by atoms with E-state index in [1.165, 1.54) is 6.33 Å². The van der Waals surface area contributed by atoms with E-state index in [0.717, 1.165) is 50.1 Å². The van der Waals surface area contributed by atoms with Gasteiger partial charge in [0.1, 0.15) is 17.7 Å². The molecule has 0 saturated carbocycles. The topological polar surface area (TPSA) is 92.5 Å². The van der Waals surface area contributed by atoms with Crippen molar-refractivity contribution in [3.8, 4) is 0 Å². The van der Waals surface area contributed by atoms with Crippen molar-refractivity contribution in [3.63, 3.8) is 0 Å². The minimum absolute atomic E-state index is 0.132. The Hall–Kier alpha value is -1.69. The van der Waals surface area contributed by atoms with Gasteiger partial charge < -0.3 is 16.0 Å². The molecule has 1 saturated heterocycles. The fourth-order valence-corrected chi connectivity index (χ4v) is 3.09. The third kappa shape index (κ3) is 2.06. The van der Waals surface area contributed by atoms with Crippen LogP contribution in [0.15, 0.2) is 6.33 Å². The minimum atomic E-state index is 0.132. The molecule has 1 aliphatic heterocycles. The van der Waals surface area contributed by atoms with Crippen LogP contribution in [0.3, 0.4) is 0 Å². The predicted octanol–water partition coefficient (Wildman–Crippen LogP) is 1.36. The lowest BCUT2D eigenvalue weighted by Crippen LogP contribution is -2.40. The van der Waals surface area contributed by atoms with Crippen LogP contribution < -0.4 is 11.1 Å². The summed E-state index contributed by atoms with van der Waals surface area (Å²) in [6.07, 6.45) is 5.97. The van der Waals surface area contributed by atoms with Crippen LogP contribution in [-0.2, 0) is 5.41 Å². The Bertz CT molecular complexity index is 564. The van der Waals surface area contributed by atoms with Crippen LogP contribution in [0.2, 0.25) is 0 Å². The average Bonchev–Trinajstić information content (AvgIpc) is 2.86. The first kappa shape index (κ1) is 12.3. The van der Waals surface area contributed by atoms with E-state index in [-0.39, 0.29) is 5.41 Å². The zero-order valence-electron chi connectivity index (χ0n) is 11.2. The summed E-state index contributed by atoms with van der Waals surface area (Å²) in [5.74, 6) is 1.50. The van der Waals surface area contributed by atoms with Crippen molar-refractivity contribution in [3.05, 3.63) is 12.2 Å². The summed E-state index contributed by atoms with van der Waals surface area (Å²) < 4.78 is 0. The number of hydrogen-bond acceptors (Lipinski definition) is 5. The summed E-state index contributed by atoms with van der Waals surface area (Å²) in [6, 6.07) is 0. The average molecular weight is 260 g/mol. The highest BCUT2D eigenvalue weighted by Crippen LogP contribution is 2.37. The second-order valence-corrected chi connectivity index (χ2v) is 5.32. The number of aromatic amines is 1. The van der Waals surface area contributed by atoms with Crippen molar-refractivity contribution in [1.82, 2.24) is 25.3 Å². The number of nitrogen functional groups attached to an aromatic ring is 1. The van der Waals surface area contributed by atoms with Gasteiger partial charge in [-0.2, -0.15) is 0 Å². The van der Waals surface area contributed by atoms with Gasteiger partial charge in [0, 0.05) is 5.41 Å². The number of aromatic nitrogens is 4. The molecule has 4 N–H and O–H groups in total. The summed E-state index contributed by atoms with van der Waals surface area (Å²) >= 11 is 0. The molecular formula is C13H20N6. The fourth-order valence-electron chi connectivity index (χ4n) is 3.09. The van der Waals surface area contributed by atoms with Crippen molar-refractivity contribution < 1.29 is 0 Å². The van der Waals surface area contributed by atoms with E-state index in [2.05, 4.69) is 32.2 Å². The standard InChI is InChI=1S/C13H20N6/c1-2-3-13(4-6-15-7-5-13)12-18-9-10(14)16-8-17-11(9)19-12/h8,15H,2-7H2,1H3,(H3,14,16,17,18,19). The normalized spacial score (nSPS) is 18.8. The predicted molar refractivity (Wildman–Crippen MR) is 74.8 cm³/mol. The van der Waals surface area contributed by atoms with E-state index >= 15 is 0 Å². The first-order chi connectivity index (χ1) is 9.25. The Balaban J connectivity index is 2.07. The van der Waals surface area contributed by atoms with Gasteiger partial charge in [-0.25, -0.2) is 15.0 Å². The highest BCUT2D eigenvalue weighted by Gasteiger charge is 2.36.